The van der Waals surface area contributed by atoms with Gasteiger partial charge in [-0.05, 0) is 39.3 Å². The van der Waals surface area contributed by atoms with E-state index in [0.29, 0.717) is 48.8 Å². The van der Waals surface area contributed by atoms with Crippen LogP contribution in [-0.4, -0.2) is 48.7 Å². The van der Waals surface area contributed by atoms with Gasteiger partial charge in [0.15, 0.2) is 5.82 Å². The Morgan fingerprint density at radius 3 is 2.91 bits per heavy atom. The first-order chi connectivity index (χ1) is 15.8. The molecule has 0 spiro atoms. The van der Waals surface area contributed by atoms with Crippen LogP contribution in [0.1, 0.15) is 36.7 Å². The maximum absolute atomic E-state index is 14.4. The second-order valence-electron chi connectivity index (χ2n) is 8.71. The fourth-order valence-electron chi connectivity index (χ4n) is 4.44. The zero-order chi connectivity index (χ0) is 23.6. The number of aromatic amines is 1. The molecule has 2 aromatic heterocycles. The second-order valence-corrected chi connectivity index (χ2v) is 9.11. The summed E-state index contributed by atoms with van der Waals surface area (Å²) in [6.07, 6.45) is 4.28. The summed E-state index contributed by atoms with van der Waals surface area (Å²) in [4.78, 5) is 23.3. The number of carboxylic acid groups (broad SMARTS) is 1. The number of hydrogen-bond acceptors (Lipinski definition) is 6. The van der Waals surface area contributed by atoms with Gasteiger partial charge in [-0.3, -0.25) is 19.8 Å². The average molecular weight is 473 g/mol. The van der Waals surface area contributed by atoms with Gasteiger partial charge in [-0.1, -0.05) is 23.7 Å². The monoisotopic (exact) mass is 472 g/mol. The Hall–Kier alpha value is -3.04. The number of aliphatic carboxylic acids is 1. The Bertz CT molecular complexity index is 1160. The third-order valence-electron chi connectivity index (χ3n) is 6.21. The molecule has 33 heavy (non-hydrogen) atoms. The quantitative estimate of drug-likeness (QED) is 0.469. The van der Waals surface area contributed by atoms with Gasteiger partial charge < -0.3 is 10.4 Å². The molecule has 174 valence electrons. The van der Waals surface area contributed by atoms with Crippen molar-refractivity contribution in [2.75, 3.05) is 11.9 Å². The van der Waals surface area contributed by atoms with Crippen molar-refractivity contribution in [3.63, 3.8) is 0 Å². The molecular formula is C23H26ClFN6O2. The molecule has 0 saturated carbocycles. The van der Waals surface area contributed by atoms with Crippen LogP contribution in [0, 0.1) is 18.2 Å². The Morgan fingerprint density at radius 2 is 2.21 bits per heavy atom. The number of piperidine rings is 1. The zero-order valence-electron chi connectivity index (χ0n) is 18.5. The van der Waals surface area contributed by atoms with Crippen molar-refractivity contribution in [1.29, 1.82) is 0 Å². The standard InChI is InChI=1S/C23H26ClFN6O2/c1-14-8-19(30-29-14)28-20-12-26-11-17(27-20)10-23(22(32)33)6-7-31(15(2)9-23)13-16-4-3-5-18(24)21(16)25/h3-5,8,11-12,15H,6-7,9-10,13H2,1-2H3,(H,32,33)(H2,27,28,29,30)/t15-,23-/m0/s1. The van der Waals surface area contributed by atoms with E-state index in [1.807, 2.05) is 19.9 Å². The molecule has 0 bridgehead atoms. The molecular weight excluding hydrogens is 447 g/mol. The number of hydrogen-bond donors (Lipinski definition) is 3. The highest BCUT2D eigenvalue weighted by molar-refractivity contribution is 6.30. The maximum atomic E-state index is 14.4. The molecule has 3 aromatic rings. The Balaban J connectivity index is 1.48. The fourth-order valence-corrected chi connectivity index (χ4v) is 4.64. The molecule has 1 aromatic carbocycles. The number of rotatable bonds is 7. The molecule has 4 rings (SSSR count). The van der Waals surface area contributed by atoms with E-state index >= 15 is 0 Å². The van der Waals surface area contributed by atoms with E-state index in [-0.39, 0.29) is 17.5 Å². The van der Waals surface area contributed by atoms with Gasteiger partial charge in [-0.15, -0.1) is 0 Å². The molecule has 1 saturated heterocycles. The van der Waals surface area contributed by atoms with Crippen LogP contribution in [0.5, 0.6) is 0 Å². The number of aryl methyl sites for hydroxylation is 1. The van der Waals surface area contributed by atoms with Gasteiger partial charge in [-0.25, -0.2) is 9.37 Å². The van der Waals surface area contributed by atoms with Crippen LogP contribution < -0.4 is 5.32 Å². The normalized spacial score (nSPS) is 21.2. The molecule has 0 unspecified atom stereocenters. The van der Waals surface area contributed by atoms with Gasteiger partial charge in [0, 0.05) is 42.5 Å². The highest BCUT2D eigenvalue weighted by Gasteiger charge is 2.44. The number of likely N-dealkylation sites (tertiary alicyclic amines) is 1. The topological polar surface area (TPSA) is 107 Å². The zero-order valence-corrected chi connectivity index (χ0v) is 19.2. The number of anilines is 2. The van der Waals surface area contributed by atoms with E-state index in [1.54, 1.807) is 24.5 Å². The highest BCUT2D eigenvalue weighted by atomic mass is 35.5. The highest BCUT2D eigenvalue weighted by Crippen LogP contribution is 2.39. The molecule has 1 fully saturated rings. The van der Waals surface area contributed by atoms with Gasteiger partial charge in [0.2, 0.25) is 0 Å². The van der Waals surface area contributed by atoms with Gasteiger partial charge >= 0.3 is 5.97 Å². The number of carboxylic acids is 1. The van der Waals surface area contributed by atoms with E-state index in [1.165, 1.54) is 6.07 Å². The van der Waals surface area contributed by atoms with Crippen molar-refractivity contribution in [2.45, 2.75) is 45.7 Å². The first kappa shape index (κ1) is 23.1. The number of nitrogens with zero attached hydrogens (tertiary/aromatic N) is 4. The Morgan fingerprint density at radius 1 is 1.39 bits per heavy atom. The Labute approximate surface area is 196 Å². The average Bonchev–Trinajstić information content (AvgIpc) is 3.18. The summed E-state index contributed by atoms with van der Waals surface area (Å²) in [5.41, 5.74) is 1.04. The third kappa shape index (κ3) is 5.15. The summed E-state index contributed by atoms with van der Waals surface area (Å²) < 4.78 is 14.4. The van der Waals surface area contributed by atoms with Gasteiger partial charge in [-0.2, -0.15) is 5.10 Å². The largest absolute Gasteiger partial charge is 0.481 e. The van der Waals surface area contributed by atoms with Crippen LogP contribution in [0.25, 0.3) is 0 Å². The van der Waals surface area contributed by atoms with E-state index in [4.69, 9.17) is 11.6 Å². The number of H-pyrrole nitrogens is 1. The summed E-state index contributed by atoms with van der Waals surface area (Å²) in [5, 5.41) is 20.3. The summed E-state index contributed by atoms with van der Waals surface area (Å²) in [7, 11) is 0. The number of carbonyl (C=O) groups is 1. The van der Waals surface area contributed by atoms with E-state index in [2.05, 4.69) is 30.4 Å². The van der Waals surface area contributed by atoms with E-state index in [9.17, 15) is 14.3 Å². The minimum Gasteiger partial charge on any atom is -0.481 e. The van der Waals surface area contributed by atoms with E-state index < -0.39 is 17.2 Å². The Kier molecular flexibility index (Phi) is 6.62. The molecule has 0 radical (unpaired) electrons. The molecule has 0 amide bonds. The SMILES string of the molecule is Cc1cc(Nc2cncc(C[C@]3(C(=O)O)CCN(Cc4cccc(Cl)c4F)[C@@H](C)C3)n2)n[nH]1. The minimum absolute atomic E-state index is 0.0606. The number of benzene rings is 1. The minimum atomic E-state index is -0.973. The lowest BCUT2D eigenvalue weighted by Crippen LogP contribution is -2.49. The smallest absolute Gasteiger partial charge is 0.310 e. The van der Waals surface area contributed by atoms with Crippen LogP contribution in [0.4, 0.5) is 16.0 Å². The lowest BCUT2D eigenvalue weighted by molar-refractivity contribution is -0.153. The lowest BCUT2D eigenvalue weighted by atomic mass is 9.72. The molecule has 3 heterocycles. The number of nitrogens with one attached hydrogen (secondary N) is 2. The van der Waals surface area contributed by atoms with Crippen molar-refractivity contribution in [3.05, 3.63) is 64.5 Å². The second kappa shape index (κ2) is 9.44. The lowest BCUT2D eigenvalue weighted by Gasteiger charge is -2.43. The summed E-state index contributed by atoms with van der Waals surface area (Å²) in [6, 6.07) is 6.73. The predicted molar refractivity (Wildman–Crippen MR) is 123 cm³/mol. The molecule has 0 aliphatic carbocycles. The predicted octanol–water partition coefficient (Wildman–Crippen LogP) is 4.34. The van der Waals surface area contributed by atoms with Crippen molar-refractivity contribution < 1.29 is 14.3 Å². The van der Waals surface area contributed by atoms with Gasteiger partial charge in [0.1, 0.15) is 11.6 Å². The van der Waals surface area contributed by atoms with Crippen LogP contribution in [0.3, 0.4) is 0 Å². The van der Waals surface area contributed by atoms with Crippen molar-refractivity contribution >= 4 is 29.2 Å². The van der Waals surface area contributed by atoms with Crippen LogP contribution in [0.15, 0.2) is 36.7 Å². The summed E-state index contributed by atoms with van der Waals surface area (Å²) in [5.74, 6) is -0.164. The third-order valence-corrected chi connectivity index (χ3v) is 6.50. The van der Waals surface area contributed by atoms with Gasteiger partial charge in [0.25, 0.3) is 0 Å². The number of halogens is 2. The molecule has 2 atom stereocenters. The summed E-state index contributed by atoms with van der Waals surface area (Å²) in [6.45, 7) is 4.77. The first-order valence-electron chi connectivity index (χ1n) is 10.8. The fraction of sp³-hybridized carbons (Fsp3) is 0.391. The first-order valence-corrected chi connectivity index (χ1v) is 11.1. The van der Waals surface area contributed by atoms with E-state index in [0.717, 1.165) is 5.69 Å². The number of aromatic nitrogens is 4. The molecule has 10 heteroatoms. The van der Waals surface area contributed by atoms with Crippen molar-refractivity contribution in [2.24, 2.45) is 5.41 Å². The van der Waals surface area contributed by atoms with Crippen molar-refractivity contribution in [1.82, 2.24) is 25.1 Å². The van der Waals surface area contributed by atoms with Crippen LogP contribution in [-0.2, 0) is 17.8 Å². The molecule has 3 N–H and O–H groups in total. The molecule has 8 nitrogen and oxygen atoms in total. The van der Waals surface area contributed by atoms with Crippen molar-refractivity contribution in [3.8, 4) is 0 Å². The van der Waals surface area contributed by atoms with Crippen LogP contribution in [0.2, 0.25) is 5.02 Å². The van der Waals surface area contributed by atoms with Gasteiger partial charge in [0.05, 0.1) is 22.3 Å². The summed E-state index contributed by atoms with van der Waals surface area (Å²) >= 11 is 5.92. The maximum Gasteiger partial charge on any atom is 0.310 e. The molecule has 1 aliphatic rings. The molecule has 1 aliphatic heterocycles. The van der Waals surface area contributed by atoms with Crippen LogP contribution >= 0.6 is 11.6 Å².